The zero-order valence-electron chi connectivity index (χ0n) is 15.8. The van der Waals surface area contributed by atoms with Crippen LogP contribution in [0.4, 0.5) is 5.69 Å². The summed E-state index contributed by atoms with van der Waals surface area (Å²) in [6.07, 6.45) is -1.07. The van der Waals surface area contributed by atoms with Gasteiger partial charge in [-0.25, -0.2) is 17.9 Å². The number of amides is 1. The molecule has 9 heteroatoms. The average molecular weight is 406 g/mol. The van der Waals surface area contributed by atoms with Crippen LogP contribution in [0.1, 0.15) is 24.2 Å². The highest BCUT2D eigenvalue weighted by molar-refractivity contribution is 7.89. The second-order valence-electron chi connectivity index (χ2n) is 5.76. The number of rotatable bonds is 8. The summed E-state index contributed by atoms with van der Waals surface area (Å²) < 4.78 is 36.5. The van der Waals surface area contributed by atoms with Crippen LogP contribution in [-0.4, -0.2) is 40.1 Å². The Morgan fingerprint density at radius 2 is 1.71 bits per heavy atom. The minimum absolute atomic E-state index is 0.0351. The van der Waals surface area contributed by atoms with E-state index in [9.17, 15) is 18.0 Å². The molecule has 0 heterocycles. The third-order valence-corrected chi connectivity index (χ3v) is 5.31. The summed E-state index contributed by atoms with van der Waals surface area (Å²) in [4.78, 5) is 24.5. The van der Waals surface area contributed by atoms with Gasteiger partial charge in [0.15, 0.2) is 6.10 Å². The van der Waals surface area contributed by atoms with Crippen molar-refractivity contribution in [3.63, 3.8) is 0 Å². The SMILES string of the molecule is CCNS(=O)(=O)c1ccc(C(=O)O[C@@H](C)C(=O)Nc2ccccc2OC)cc1. The van der Waals surface area contributed by atoms with Gasteiger partial charge in [0, 0.05) is 6.54 Å². The largest absolute Gasteiger partial charge is 0.495 e. The molecular weight excluding hydrogens is 384 g/mol. The summed E-state index contributed by atoms with van der Waals surface area (Å²) in [5.74, 6) is -0.786. The Balaban J connectivity index is 2.02. The number of sulfonamides is 1. The molecule has 0 spiro atoms. The highest BCUT2D eigenvalue weighted by atomic mass is 32.2. The Hall–Kier alpha value is -2.91. The van der Waals surface area contributed by atoms with E-state index < -0.39 is 28.0 Å². The van der Waals surface area contributed by atoms with Crippen molar-refractivity contribution in [2.45, 2.75) is 24.8 Å². The Morgan fingerprint density at radius 1 is 1.07 bits per heavy atom. The van der Waals surface area contributed by atoms with Gasteiger partial charge in [0.05, 0.1) is 23.3 Å². The molecular formula is C19H22N2O6S. The number of benzene rings is 2. The summed E-state index contributed by atoms with van der Waals surface area (Å²) in [5, 5.41) is 2.63. The number of para-hydroxylation sites is 2. The smallest absolute Gasteiger partial charge is 0.338 e. The third-order valence-electron chi connectivity index (χ3n) is 3.75. The standard InChI is InChI=1S/C19H22N2O6S/c1-4-20-28(24,25)15-11-9-14(10-12-15)19(23)27-13(2)18(22)21-16-7-5-6-8-17(16)26-3/h5-13,20H,4H2,1-3H3,(H,21,22)/t13-/m0/s1. The Kier molecular flexibility index (Phi) is 7.13. The van der Waals surface area contributed by atoms with Crippen molar-refractivity contribution in [2.24, 2.45) is 0 Å². The fourth-order valence-corrected chi connectivity index (χ4v) is 3.35. The number of hydrogen-bond donors (Lipinski definition) is 2. The van der Waals surface area contributed by atoms with E-state index in [1.165, 1.54) is 38.3 Å². The van der Waals surface area contributed by atoms with Crippen LogP contribution in [0.3, 0.4) is 0 Å². The van der Waals surface area contributed by atoms with E-state index in [-0.39, 0.29) is 17.0 Å². The van der Waals surface area contributed by atoms with E-state index in [2.05, 4.69) is 10.0 Å². The van der Waals surface area contributed by atoms with Gasteiger partial charge >= 0.3 is 5.97 Å². The van der Waals surface area contributed by atoms with Crippen LogP contribution >= 0.6 is 0 Å². The maximum Gasteiger partial charge on any atom is 0.338 e. The molecule has 0 aliphatic heterocycles. The lowest BCUT2D eigenvalue weighted by Gasteiger charge is -2.15. The summed E-state index contributed by atoms with van der Waals surface area (Å²) in [6, 6.07) is 12.1. The molecule has 0 unspecified atom stereocenters. The summed E-state index contributed by atoms with van der Waals surface area (Å²) in [6.45, 7) is 3.36. The minimum atomic E-state index is -3.61. The highest BCUT2D eigenvalue weighted by Crippen LogP contribution is 2.23. The van der Waals surface area contributed by atoms with E-state index in [0.717, 1.165) is 0 Å². The molecule has 0 aliphatic carbocycles. The number of carbonyl (C=O) groups excluding carboxylic acids is 2. The van der Waals surface area contributed by atoms with Crippen LogP contribution < -0.4 is 14.8 Å². The predicted molar refractivity (Wildman–Crippen MR) is 104 cm³/mol. The quantitative estimate of drug-likeness (QED) is 0.650. The molecule has 0 aliphatic rings. The number of carbonyl (C=O) groups is 2. The van der Waals surface area contributed by atoms with Crippen molar-refractivity contribution in [2.75, 3.05) is 19.0 Å². The zero-order valence-corrected chi connectivity index (χ0v) is 16.6. The van der Waals surface area contributed by atoms with Gasteiger partial charge in [0.2, 0.25) is 10.0 Å². The van der Waals surface area contributed by atoms with Crippen molar-refractivity contribution in [1.29, 1.82) is 0 Å². The monoisotopic (exact) mass is 406 g/mol. The minimum Gasteiger partial charge on any atom is -0.495 e. The number of hydrogen-bond acceptors (Lipinski definition) is 6. The maximum absolute atomic E-state index is 12.3. The van der Waals surface area contributed by atoms with Crippen molar-refractivity contribution in [3.05, 3.63) is 54.1 Å². The number of nitrogens with one attached hydrogen (secondary N) is 2. The average Bonchev–Trinajstić information content (AvgIpc) is 2.68. The second kappa shape index (κ2) is 9.34. The lowest BCUT2D eigenvalue weighted by molar-refractivity contribution is -0.123. The molecule has 2 rings (SSSR count). The Bertz CT molecular complexity index is 941. The molecule has 8 nitrogen and oxygen atoms in total. The van der Waals surface area contributed by atoms with Gasteiger partial charge in [-0.1, -0.05) is 19.1 Å². The lowest BCUT2D eigenvalue weighted by atomic mass is 10.2. The molecule has 0 fully saturated rings. The number of methoxy groups -OCH3 is 1. The first kappa shape index (κ1) is 21.4. The van der Waals surface area contributed by atoms with Crippen molar-refractivity contribution in [1.82, 2.24) is 4.72 Å². The van der Waals surface area contributed by atoms with E-state index in [1.807, 2.05) is 0 Å². The van der Waals surface area contributed by atoms with E-state index in [0.29, 0.717) is 11.4 Å². The molecule has 2 aromatic rings. The highest BCUT2D eigenvalue weighted by Gasteiger charge is 2.21. The van der Waals surface area contributed by atoms with Crippen molar-refractivity contribution >= 4 is 27.6 Å². The number of anilines is 1. The van der Waals surface area contributed by atoms with Crippen LogP contribution in [0.5, 0.6) is 5.75 Å². The molecule has 0 radical (unpaired) electrons. The molecule has 150 valence electrons. The van der Waals surface area contributed by atoms with E-state index >= 15 is 0 Å². The van der Waals surface area contributed by atoms with Crippen molar-refractivity contribution in [3.8, 4) is 5.75 Å². The fraction of sp³-hybridized carbons (Fsp3) is 0.263. The molecule has 0 bridgehead atoms. The molecule has 0 saturated carbocycles. The van der Waals surface area contributed by atoms with Crippen LogP contribution in [0.2, 0.25) is 0 Å². The molecule has 2 aromatic carbocycles. The molecule has 28 heavy (non-hydrogen) atoms. The fourth-order valence-electron chi connectivity index (χ4n) is 2.31. The van der Waals surface area contributed by atoms with Gasteiger partial charge in [0.1, 0.15) is 5.75 Å². The first-order valence-corrected chi connectivity index (χ1v) is 10.0. The molecule has 0 aromatic heterocycles. The Morgan fingerprint density at radius 3 is 2.32 bits per heavy atom. The van der Waals surface area contributed by atoms with Gasteiger partial charge < -0.3 is 14.8 Å². The second-order valence-corrected chi connectivity index (χ2v) is 7.53. The van der Waals surface area contributed by atoms with Gasteiger partial charge in [-0.3, -0.25) is 4.79 Å². The van der Waals surface area contributed by atoms with E-state index in [4.69, 9.17) is 9.47 Å². The predicted octanol–water partition coefficient (Wildman–Crippen LogP) is 2.18. The summed E-state index contributed by atoms with van der Waals surface area (Å²) in [7, 11) is -2.13. The first-order chi connectivity index (χ1) is 13.3. The normalized spacial score (nSPS) is 12.1. The van der Waals surface area contributed by atoms with Crippen molar-refractivity contribution < 1.29 is 27.5 Å². The van der Waals surface area contributed by atoms with Crippen LogP contribution in [0.25, 0.3) is 0 Å². The Labute approximate surface area is 163 Å². The lowest BCUT2D eigenvalue weighted by Crippen LogP contribution is -2.30. The van der Waals surface area contributed by atoms with Gasteiger partial charge in [-0.15, -0.1) is 0 Å². The number of ether oxygens (including phenoxy) is 2. The van der Waals surface area contributed by atoms with Gasteiger partial charge in [-0.2, -0.15) is 0 Å². The molecule has 2 N–H and O–H groups in total. The van der Waals surface area contributed by atoms with Crippen LogP contribution in [0.15, 0.2) is 53.4 Å². The summed E-state index contributed by atoms with van der Waals surface area (Å²) in [5.41, 5.74) is 0.586. The van der Waals surface area contributed by atoms with Gasteiger partial charge in [0.25, 0.3) is 5.91 Å². The van der Waals surface area contributed by atoms with Crippen LogP contribution in [-0.2, 0) is 19.6 Å². The maximum atomic E-state index is 12.3. The third kappa shape index (κ3) is 5.30. The van der Waals surface area contributed by atoms with E-state index in [1.54, 1.807) is 31.2 Å². The van der Waals surface area contributed by atoms with Crippen LogP contribution in [0, 0.1) is 0 Å². The topological polar surface area (TPSA) is 111 Å². The molecule has 1 atom stereocenters. The zero-order chi connectivity index (χ0) is 20.7. The summed E-state index contributed by atoms with van der Waals surface area (Å²) >= 11 is 0. The number of esters is 1. The first-order valence-electron chi connectivity index (χ1n) is 8.53. The molecule has 0 saturated heterocycles. The molecule has 1 amide bonds. The van der Waals surface area contributed by atoms with Gasteiger partial charge in [-0.05, 0) is 43.3 Å².